The zero-order valence-electron chi connectivity index (χ0n) is 15.0. The number of Topliss-reactive ketones (excluding diaryl/α,β-unsaturated/α-hetero) is 1. The average molecular weight is 352 g/mol. The maximum absolute atomic E-state index is 12.5. The van der Waals surface area contributed by atoms with E-state index in [2.05, 4.69) is 20.6 Å². The van der Waals surface area contributed by atoms with E-state index in [4.69, 9.17) is 0 Å². The maximum atomic E-state index is 12.5. The first-order valence-electron chi connectivity index (χ1n) is 9.13. The van der Waals surface area contributed by atoms with Gasteiger partial charge in [-0.25, -0.2) is 9.97 Å². The molecule has 26 heavy (non-hydrogen) atoms. The zero-order valence-corrected chi connectivity index (χ0v) is 15.0. The van der Waals surface area contributed by atoms with Crippen molar-refractivity contribution in [1.82, 2.24) is 15.3 Å². The fourth-order valence-electron chi connectivity index (χ4n) is 3.20. The number of amides is 1. The van der Waals surface area contributed by atoms with Gasteiger partial charge in [-0.3, -0.25) is 9.59 Å². The molecule has 1 aliphatic carbocycles. The maximum Gasteiger partial charge on any atom is 0.270 e. The Morgan fingerprint density at radius 3 is 2.54 bits per heavy atom. The molecule has 0 saturated heterocycles. The summed E-state index contributed by atoms with van der Waals surface area (Å²) < 4.78 is 0. The summed E-state index contributed by atoms with van der Waals surface area (Å²) in [5, 5.41) is 6.21. The van der Waals surface area contributed by atoms with Gasteiger partial charge in [0.05, 0.1) is 0 Å². The highest BCUT2D eigenvalue weighted by molar-refractivity contribution is 5.95. The molecule has 6 nitrogen and oxygen atoms in total. The van der Waals surface area contributed by atoms with Gasteiger partial charge < -0.3 is 10.6 Å². The number of benzene rings is 1. The largest absolute Gasteiger partial charge is 0.348 e. The molecule has 6 heteroatoms. The molecule has 1 aliphatic rings. The molecule has 1 fully saturated rings. The molecule has 1 aromatic heterocycles. The molecule has 0 radical (unpaired) electrons. The van der Waals surface area contributed by atoms with Gasteiger partial charge in [0, 0.05) is 23.4 Å². The van der Waals surface area contributed by atoms with Crippen LogP contribution in [-0.4, -0.2) is 27.7 Å². The summed E-state index contributed by atoms with van der Waals surface area (Å²) in [5.74, 6) is 0.353. The highest BCUT2D eigenvalue weighted by Gasteiger charge is 2.17. The van der Waals surface area contributed by atoms with E-state index in [9.17, 15) is 9.59 Å². The number of nitrogens with zero attached hydrogens (tertiary/aromatic N) is 2. The summed E-state index contributed by atoms with van der Waals surface area (Å²) in [6.07, 6.45) is 8.24. The second-order valence-corrected chi connectivity index (χ2v) is 6.71. The van der Waals surface area contributed by atoms with Gasteiger partial charge in [-0.2, -0.15) is 0 Å². The van der Waals surface area contributed by atoms with Gasteiger partial charge in [0.15, 0.2) is 5.78 Å². The Hall–Kier alpha value is -2.76. The molecule has 136 valence electrons. The number of carbonyl (C=O) groups excluding carboxylic acids is 2. The Morgan fingerprint density at radius 1 is 1.04 bits per heavy atom. The van der Waals surface area contributed by atoms with Crippen LogP contribution >= 0.6 is 0 Å². The Labute approximate surface area is 153 Å². The standard InChI is InChI=1S/C20H24N4O2/c1-14(25)15-7-6-10-17(11-15)23-19-12-18(21-13-22-19)20(26)24-16-8-4-2-3-5-9-16/h6-7,10-13,16H,2-5,8-9H2,1H3,(H,24,26)(H,21,22,23). The number of hydrogen-bond donors (Lipinski definition) is 2. The predicted octanol–water partition coefficient (Wildman–Crippen LogP) is 3.88. The number of nitrogens with one attached hydrogen (secondary N) is 2. The summed E-state index contributed by atoms with van der Waals surface area (Å²) in [6, 6.07) is 9.03. The smallest absolute Gasteiger partial charge is 0.270 e. The average Bonchev–Trinajstić information content (AvgIpc) is 2.91. The molecule has 1 amide bonds. The van der Waals surface area contributed by atoms with E-state index in [1.165, 1.54) is 26.1 Å². The normalized spacial score (nSPS) is 15.1. The van der Waals surface area contributed by atoms with E-state index in [-0.39, 0.29) is 17.7 Å². The minimum absolute atomic E-state index is 0.000181. The summed E-state index contributed by atoms with van der Waals surface area (Å²) in [6.45, 7) is 1.53. The molecule has 2 aromatic rings. The van der Waals surface area contributed by atoms with Crippen molar-refractivity contribution in [2.75, 3.05) is 5.32 Å². The topological polar surface area (TPSA) is 84.0 Å². The van der Waals surface area contributed by atoms with Gasteiger partial charge in [-0.05, 0) is 31.9 Å². The second-order valence-electron chi connectivity index (χ2n) is 6.71. The zero-order chi connectivity index (χ0) is 18.4. The van der Waals surface area contributed by atoms with Gasteiger partial charge in [0.25, 0.3) is 5.91 Å². The minimum atomic E-state index is -0.167. The quantitative estimate of drug-likeness (QED) is 0.630. The van der Waals surface area contributed by atoms with Gasteiger partial charge in [0.1, 0.15) is 17.8 Å². The van der Waals surface area contributed by atoms with E-state index in [0.717, 1.165) is 31.4 Å². The van der Waals surface area contributed by atoms with Crippen LogP contribution in [0.4, 0.5) is 11.5 Å². The molecule has 0 atom stereocenters. The fourth-order valence-corrected chi connectivity index (χ4v) is 3.20. The van der Waals surface area contributed by atoms with Crippen LogP contribution in [-0.2, 0) is 0 Å². The van der Waals surface area contributed by atoms with E-state index >= 15 is 0 Å². The van der Waals surface area contributed by atoms with Crippen LogP contribution < -0.4 is 10.6 Å². The summed E-state index contributed by atoms with van der Waals surface area (Å²) in [5.41, 5.74) is 1.70. The third-order valence-corrected chi connectivity index (χ3v) is 4.63. The monoisotopic (exact) mass is 352 g/mol. The molecule has 3 rings (SSSR count). The second kappa shape index (κ2) is 8.56. The Bertz CT molecular complexity index is 783. The first-order chi connectivity index (χ1) is 12.6. The molecule has 0 unspecified atom stereocenters. The Morgan fingerprint density at radius 2 is 1.81 bits per heavy atom. The van der Waals surface area contributed by atoms with Crippen molar-refractivity contribution in [3.05, 3.63) is 47.9 Å². The highest BCUT2D eigenvalue weighted by atomic mass is 16.2. The van der Waals surface area contributed by atoms with Crippen molar-refractivity contribution in [3.8, 4) is 0 Å². The molecular weight excluding hydrogens is 328 g/mol. The van der Waals surface area contributed by atoms with Gasteiger partial charge in [0.2, 0.25) is 0 Å². The van der Waals surface area contributed by atoms with Crippen LogP contribution in [0.5, 0.6) is 0 Å². The lowest BCUT2D eigenvalue weighted by atomic mass is 10.1. The summed E-state index contributed by atoms with van der Waals surface area (Å²) in [7, 11) is 0. The number of ketones is 1. The predicted molar refractivity (Wildman–Crippen MR) is 101 cm³/mol. The van der Waals surface area contributed by atoms with Crippen molar-refractivity contribution >= 4 is 23.2 Å². The third-order valence-electron chi connectivity index (χ3n) is 4.63. The van der Waals surface area contributed by atoms with E-state index in [1.54, 1.807) is 24.3 Å². The molecule has 1 saturated carbocycles. The first kappa shape index (κ1) is 18.0. The van der Waals surface area contributed by atoms with Crippen LogP contribution in [0.3, 0.4) is 0 Å². The van der Waals surface area contributed by atoms with Crippen molar-refractivity contribution in [2.24, 2.45) is 0 Å². The summed E-state index contributed by atoms with van der Waals surface area (Å²) >= 11 is 0. The molecule has 1 aromatic carbocycles. The van der Waals surface area contributed by atoms with Crippen molar-refractivity contribution in [3.63, 3.8) is 0 Å². The van der Waals surface area contributed by atoms with E-state index in [1.807, 2.05) is 6.07 Å². The lowest BCUT2D eigenvalue weighted by Crippen LogP contribution is -2.34. The van der Waals surface area contributed by atoms with Gasteiger partial charge in [-0.1, -0.05) is 37.8 Å². The number of aromatic nitrogens is 2. The number of anilines is 2. The molecule has 2 N–H and O–H groups in total. The lowest BCUT2D eigenvalue weighted by Gasteiger charge is -2.16. The SMILES string of the molecule is CC(=O)c1cccc(Nc2cc(C(=O)NC3CCCCCC3)ncn2)c1. The van der Waals surface area contributed by atoms with Gasteiger partial charge >= 0.3 is 0 Å². The van der Waals surface area contributed by atoms with Crippen LogP contribution in [0.2, 0.25) is 0 Å². The van der Waals surface area contributed by atoms with Crippen LogP contribution in [0.1, 0.15) is 66.3 Å². The van der Waals surface area contributed by atoms with E-state index in [0.29, 0.717) is 17.1 Å². The van der Waals surface area contributed by atoms with Crippen molar-refractivity contribution < 1.29 is 9.59 Å². The lowest BCUT2D eigenvalue weighted by molar-refractivity contribution is 0.0927. The van der Waals surface area contributed by atoms with E-state index < -0.39 is 0 Å². The fraction of sp³-hybridized carbons (Fsp3) is 0.400. The number of carbonyl (C=O) groups is 2. The molecular formula is C20H24N4O2. The molecule has 1 heterocycles. The third kappa shape index (κ3) is 4.88. The van der Waals surface area contributed by atoms with Crippen LogP contribution in [0, 0.1) is 0 Å². The molecule has 0 spiro atoms. The van der Waals surface area contributed by atoms with Crippen molar-refractivity contribution in [1.29, 1.82) is 0 Å². The number of rotatable bonds is 5. The highest BCUT2D eigenvalue weighted by Crippen LogP contribution is 2.19. The van der Waals surface area contributed by atoms with Crippen molar-refractivity contribution in [2.45, 2.75) is 51.5 Å². The van der Waals surface area contributed by atoms with Gasteiger partial charge in [-0.15, -0.1) is 0 Å². The van der Waals surface area contributed by atoms with Crippen LogP contribution in [0.25, 0.3) is 0 Å². The summed E-state index contributed by atoms with van der Waals surface area (Å²) in [4.78, 5) is 32.3. The minimum Gasteiger partial charge on any atom is -0.348 e. The number of hydrogen-bond acceptors (Lipinski definition) is 5. The molecule has 0 aliphatic heterocycles. The Balaban J connectivity index is 1.68. The Kier molecular flexibility index (Phi) is 5.94. The molecule has 0 bridgehead atoms. The van der Waals surface area contributed by atoms with Crippen LogP contribution in [0.15, 0.2) is 36.7 Å². The first-order valence-corrected chi connectivity index (χ1v) is 9.13.